The van der Waals surface area contributed by atoms with Crippen molar-refractivity contribution in [2.75, 3.05) is 6.61 Å². The third kappa shape index (κ3) is 4.97. The lowest BCUT2D eigenvalue weighted by Crippen LogP contribution is -2.10. The third-order valence-corrected chi connectivity index (χ3v) is 3.23. The van der Waals surface area contributed by atoms with Gasteiger partial charge in [0.2, 0.25) is 0 Å². The topological polar surface area (TPSA) is 55.8 Å². The second-order valence-electron chi connectivity index (χ2n) is 5.03. The molecule has 0 bridgehead atoms. The molecular weight excluding hydrogens is 292 g/mol. The molecule has 1 atom stereocenters. The van der Waals surface area contributed by atoms with E-state index < -0.39 is 12.1 Å². The number of rotatable bonds is 7. The second-order valence-corrected chi connectivity index (χ2v) is 5.03. The monoisotopic (exact) mass is 312 g/mol. The van der Waals surface area contributed by atoms with Crippen molar-refractivity contribution in [2.45, 2.75) is 19.4 Å². The largest absolute Gasteiger partial charge is 0.463 e. The summed E-state index contributed by atoms with van der Waals surface area (Å²) in [5.41, 5.74) is 0.901. The molecule has 0 aliphatic carbocycles. The molecule has 0 heterocycles. The van der Waals surface area contributed by atoms with Gasteiger partial charge < -0.3 is 14.6 Å². The summed E-state index contributed by atoms with van der Waals surface area (Å²) in [5, 5.41) is 10.3. The fourth-order valence-corrected chi connectivity index (χ4v) is 2.08. The van der Waals surface area contributed by atoms with Gasteiger partial charge >= 0.3 is 5.97 Å². The van der Waals surface area contributed by atoms with E-state index in [-0.39, 0.29) is 18.6 Å². The summed E-state index contributed by atoms with van der Waals surface area (Å²) in [6.07, 6.45) is -0.723. The smallest absolute Gasteiger partial charge is 0.333 e. The maximum absolute atomic E-state index is 11.6. The summed E-state index contributed by atoms with van der Waals surface area (Å²) in [6.45, 7) is 5.68. The van der Waals surface area contributed by atoms with E-state index in [1.807, 2.05) is 36.4 Å². The van der Waals surface area contributed by atoms with Crippen LogP contribution < -0.4 is 4.74 Å². The van der Waals surface area contributed by atoms with Crippen LogP contribution in [-0.4, -0.2) is 17.7 Å². The Hall–Kier alpha value is -2.59. The molecule has 2 aromatic rings. The predicted octanol–water partition coefficient (Wildman–Crippen LogP) is 4.02. The van der Waals surface area contributed by atoms with Crippen LogP contribution in [0, 0.1) is 0 Å². The molecule has 0 saturated heterocycles. The molecule has 120 valence electrons. The molecule has 0 spiro atoms. The van der Waals surface area contributed by atoms with Gasteiger partial charge in [-0.15, -0.1) is 0 Å². The van der Waals surface area contributed by atoms with Crippen LogP contribution in [0.2, 0.25) is 0 Å². The normalized spacial score (nSPS) is 11.6. The van der Waals surface area contributed by atoms with Crippen LogP contribution >= 0.6 is 0 Å². The quantitative estimate of drug-likeness (QED) is 0.619. The van der Waals surface area contributed by atoms with E-state index in [2.05, 4.69) is 6.58 Å². The molecule has 23 heavy (non-hydrogen) atoms. The molecule has 4 nitrogen and oxygen atoms in total. The number of para-hydroxylation sites is 1. The molecule has 0 aliphatic heterocycles. The Morgan fingerprint density at radius 2 is 1.83 bits per heavy atom. The minimum absolute atomic E-state index is 0.119. The number of carbonyl (C=O) groups excluding carboxylic acids is 1. The van der Waals surface area contributed by atoms with Gasteiger partial charge in [-0.2, -0.15) is 0 Å². The first-order valence-corrected chi connectivity index (χ1v) is 7.46. The van der Waals surface area contributed by atoms with Gasteiger partial charge in [0.1, 0.15) is 11.5 Å². The van der Waals surface area contributed by atoms with E-state index >= 15 is 0 Å². The molecule has 0 aromatic heterocycles. The molecule has 0 amide bonds. The molecule has 1 N–H and O–H groups in total. The Morgan fingerprint density at radius 1 is 1.13 bits per heavy atom. The third-order valence-electron chi connectivity index (χ3n) is 3.23. The fourth-order valence-electron chi connectivity index (χ4n) is 2.08. The molecule has 0 aliphatic rings. The highest BCUT2D eigenvalue weighted by Gasteiger charge is 2.15. The summed E-state index contributed by atoms with van der Waals surface area (Å²) < 4.78 is 10.6. The highest BCUT2D eigenvalue weighted by Crippen LogP contribution is 2.27. The maximum atomic E-state index is 11.6. The first kappa shape index (κ1) is 16.8. The first-order valence-electron chi connectivity index (χ1n) is 7.46. The summed E-state index contributed by atoms with van der Waals surface area (Å²) in [4.78, 5) is 11.6. The van der Waals surface area contributed by atoms with Gasteiger partial charge in [0.15, 0.2) is 0 Å². The molecule has 2 aromatic carbocycles. The average Bonchev–Trinajstić information content (AvgIpc) is 2.56. The standard InChI is InChI=1S/C19H20O4/c1-3-22-19(21)14(2)12-18(20)15-8-7-11-17(13-15)23-16-9-5-4-6-10-16/h4-11,13,18,20H,2-3,12H2,1H3. The summed E-state index contributed by atoms with van der Waals surface area (Å²) in [7, 11) is 0. The lowest BCUT2D eigenvalue weighted by Gasteiger charge is -2.14. The Kier molecular flexibility index (Phi) is 5.94. The van der Waals surface area contributed by atoms with E-state index in [1.165, 1.54) is 0 Å². The zero-order valence-corrected chi connectivity index (χ0v) is 13.1. The van der Waals surface area contributed by atoms with E-state index in [0.29, 0.717) is 11.3 Å². The van der Waals surface area contributed by atoms with Gasteiger partial charge in [0.25, 0.3) is 0 Å². The van der Waals surface area contributed by atoms with Gasteiger partial charge in [0, 0.05) is 12.0 Å². The summed E-state index contributed by atoms with van der Waals surface area (Å²) >= 11 is 0. The van der Waals surface area contributed by atoms with Crippen molar-refractivity contribution in [1.29, 1.82) is 0 Å². The number of hydrogen-bond acceptors (Lipinski definition) is 4. The minimum atomic E-state index is -0.841. The summed E-state index contributed by atoms with van der Waals surface area (Å²) in [5.74, 6) is 0.854. The van der Waals surface area contributed by atoms with Crippen molar-refractivity contribution in [3.63, 3.8) is 0 Å². The van der Waals surface area contributed by atoms with E-state index in [9.17, 15) is 9.90 Å². The van der Waals surface area contributed by atoms with Crippen molar-refractivity contribution in [3.05, 3.63) is 72.3 Å². The first-order chi connectivity index (χ1) is 11.1. The van der Waals surface area contributed by atoms with Crippen molar-refractivity contribution >= 4 is 5.97 Å². The average molecular weight is 312 g/mol. The molecule has 2 rings (SSSR count). The highest BCUT2D eigenvalue weighted by atomic mass is 16.5. The lowest BCUT2D eigenvalue weighted by atomic mass is 10.0. The number of benzene rings is 2. The number of hydrogen-bond donors (Lipinski definition) is 1. The van der Waals surface area contributed by atoms with Crippen LogP contribution in [0.15, 0.2) is 66.7 Å². The number of aliphatic hydroxyl groups excluding tert-OH is 1. The SMILES string of the molecule is C=C(CC(O)c1cccc(Oc2ccccc2)c1)C(=O)OCC. The highest BCUT2D eigenvalue weighted by molar-refractivity contribution is 5.87. The number of ether oxygens (including phenoxy) is 2. The molecule has 0 saturated carbocycles. The second kappa shape index (κ2) is 8.15. The van der Waals surface area contributed by atoms with Crippen LogP contribution in [0.3, 0.4) is 0 Å². The van der Waals surface area contributed by atoms with Crippen molar-refractivity contribution in [3.8, 4) is 11.5 Å². The van der Waals surface area contributed by atoms with E-state index in [1.54, 1.807) is 25.1 Å². The van der Waals surface area contributed by atoms with Gasteiger partial charge in [0.05, 0.1) is 12.7 Å². The maximum Gasteiger partial charge on any atom is 0.333 e. The van der Waals surface area contributed by atoms with Crippen LogP contribution in [-0.2, 0) is 9.53 Å². The summed E-state index contributed by atoms with van der Waals surface area (Å²) in [6, 6.07) is 16.5. The van der Waals surface area contributed by atoms with E-state index in [0.717, 1.165) is 5.75 Å². The Bertz CT molecular complexity index is 664. The van der Waals surface area contributed by atoms with Crippen molar-refractivity contribution < 1.29 is 19.4 Å². The number of carbonyl (C=O) groups is 1. The van der Waals surface area contributed by atoms with Crippen LogP contribution in [0.1, 0.15) is 25.0 Å². The molecule has 0 fully saturated rings. The minimum Gasteiger partial charge on any atom is -0.463 e. The van der Waals surface area contributed by atoms with Gasteiger partial charge in [-0.1, -0.05) is 36.9 Å². The van der Waals surface area contributed by atoms with Crippen LogP contribution in [0.4, 0.5) is 0 Å². The molecule has 1 unspecified atom stereocenters. The lowest BCUT2D eigenvalue weighted by molar-refractivity contribution is -0.138. The molecule has 4 heteroatoms. The Labute approximate surface area is 136 Å². The Morgan fingerprint density at radius 3 is 2.52 bits per heavy atom. The number of esters is 1. The molecule has 0 radical (unpaired) electrons. The van der Waals surface area contributed by atoms with E-state index in [4.69, 9.17) is 9.47 Å². The van der Waals surface area contributed by atoms with Gasteiger partial charge in [-0.3, -0.25) is 0 Å². The van der Waals surface area contributed by atoms with Crippen LogP contribution in [0.25, 0.3) is 0 Å². The van der Waals surface area contributed by atoms with Crippen LogP contribution in [0.5, 0.6) is 11.5 Å². The fraction of sp³-hybridized carbons (Fsp3) is 0.211. The van der Waals surface area contributed by atoms with Gasteiger partial charge in [-0.25, -0.2) is 4.79 Å². The Balaban J connectivity index is 2.04. The molecular formula is C19H20O4. The van der Waals surface area contributed by atoms with Gasteiger partial charge in [-0.05, 0) is 36.8 Å². The predicted molar refractivity (Wildman–Crippen MR) is 88.3 cm³/mol. The zero-order valence-electron chi connectivity index (χ0n) is 13.1. The number of aliphatic hydroxyl groups is 1. The van der Waals surface area contributed by atoms with Crippen molar-refractivity contribution in [2.24, 2.45) is 0 Å². The zero-order chi connectivity index (χ0) is 16.7. The van der Waals surface area contributed by atoms with Crippen molar-refractivity contribution in [1.82, 2.24) is 0 Å².